The number of rotatable bonds is 4. The molecule has 2 aromatic rings. The largest absolute Gasteiger partial charge is 0.373 e. The van der Waals surface area contributed by atoms with Crippen molar-refractivity contribution in [1.82, 2.24) is 19.6 Å². The number of hydrogen-bond acceptors (Lipinski definition) is 6. The Morgan fingerprint density at radius 3 is 2.58 bits per heavy atom. The van der Waals surface area contributed by atoms with Gasteiger partial charge >= 0.3 is 6.03 Å². The SMILES string of the molecule is CN(Cc1ccc(Cl)s1)c1cc(C2CC(O)N(C(=O)N3CCCC3)C2)nn1C(=O)C(C)(C)C. The molecule has 0 aliphatic carbocycles. The number of nitrogens with zero attached hydrogens (tertiary/aromatic N) is 5. The number of hydrogen-bond donors (Lipinski definition) is 1. The van der Waals surface area contributed by atoms with Gasteiger partial charge in [0.15, 0.2) is 0 Å². The van der Waals surface area contributed by atoms with Gasteiger partial charge in [0.05, 0.1) is 16.6 Å². The maximum atomic E-state index is 13.2. The molecule has 4 heterocycles. The summed E-state index contributed by atoms with van der Waals surface area (Å²) in [4.78, 5) is 32.5. The van der Waals surface area contributed by atoms with Crippen molar-refractivity contribution >= 4 is 40.7 Å². The molecule has 1 N–H and O–H groups in total. The smallest absolute Gasteiger partial charge is 0.322 e. The Morgan fingerprint density at radius 2 is 1.97 bits per heavy atom. The fourth-order valence-electron chi connectivity index (χ4n) is 4.40. The van der Waals surface area contributed by atoms with Gasteiger partial charge in [-0.2, -0.15) is 9.78 Å². The third kappa shape index (κ3) is 5.05. The van der Waals surface area contributed by atoms with Crippen LogP contribution in [0.15, 0.2) is 18.2 Å². The molecule has 0 radical (unpaired) electrons. The zero-order valence-corrected chi connectivity index (χ0v) is 21.2. The molecule has 180 valence electrons. The number of amides is 2. The monoisotopic (exact) mass is 493 g/mol. The fourth-order valence-corrected chi connectivity index (χ4v) is 5.55. The molecule has 2 amide bonds. The summed E-state index contributed by atoms with van der Waals surface area (Å²) in [6, 6.07) is 5.65. The molecule has 2 fully saturated rings. The number of halogens is 1. The second-order valence-electron chi connectivity index (χ2n) is 10.00. The van der Waals surface area contributed by atoms with Gasteiger partial charge in [-0.05, 0) is 25.0 Å². The van der Waals surface area contributed by atoms with Gasteiger partial charge in [0.1, 0.15) is 12.0 Å². The van der Waals surface area contributed by atoms with Crippen molar-refractivity contribution in [3.8, 4) is 0 Å². The molecule has 10 heteroatoms. The van der Waals surface area contributed by atoms with E-state index in [2.05, 4.69) is 0 Å². The van der Waals surface area contributed by atoms with Gasteiger partial charge in [-0.3, -0.25) is 9.69 Å². The highest BCUT2D eigenvalue weighted by atomic mass is 35.5. The lowest BCUT2D eigenvalue weighted by Gasteiger charge is -2.26. The van der Waals surface area contributed by atoms with E-state index in [9.17, 15) is 14.7 Å². The zero-order valence-electron chi connectivity index (χ0n) is 19.6. The van der Waals surface area contributed by atoms with Crippen LogP contribution in [0.4, 0.5) is 10.6 Å². The Kier molecular flexibility index (Phi) is 6.75. The Bertz CT molecular complexity index is 1020. The fraction of sp³-hybridized carbons (Fsp3) is 0.609. The highest BCUT2D eigenvalue weighted by Crippen LogP contribution is 2.34. The summed E-state index contributed by atoms with van der Waals surface area (Å²) in [5, 5.41) is 15.3. The van der Waals surface area contributed by atoms with Gasteiger partial charge in [0, 0.05) is 55.4 Å². The van der Waals surface area contributed by atoms with Crippen molar-refractivity contribution in [2.75, 3.05) is 31.6 Å². The molecular weight excluding hydrogens is 462 g/mol. The number of carbonyl (C=O) groups is 2. The van der Waals surface area contributed by atoms with Crippen LogP contribution in [-0.4, -0.2) is 69.5 Å². The van der Waals surface area contributed by atoms with E-state index in [4.69, 9.17) is 16.7 Å². The molecule has 2 saturated heterocycles. The van der Waals surface area contributed by atoms with E-state index in [-0.39, 0.29) is 17.9 Å². The second kappa shape index (κ2) is 9.27. The van der Waals surface area contributed by atoms with Crippen LogP contribution in [0, 0.1) is 5.41 Å². The number of aliphatic hydroxyl groups is 1. The minimum atomic E-state index is -0.846. The summed E-state index contributed by atoms with van der Waals surface area (Å²) >= 11 is 7.60. The molecule has 8 nitrogen and oxygen atoms in total. The highest BCUT2D eigenvalue weighted by Gasteiger charge is 2.39. The van der Waals surface area contributed by atoms with Crippen molar-refractivity contribution in [2.24, 2.45) is 5.41 Å². The topological polar surface area (TPSA) is 81.9 Å². The summed E-state index contributed by atoms with van der Waals surface area (Å²) in [5.74, 6) is 0.445. The first-order valence-electron chi connectivity index (χ1n) is 11.4. The zero-order chi connectivity index (χ0) is 23.9. The number of thiophene rings is 1. The maximum Gasteiger partial charge on any atom is 0.322 e. The lowest BCUT2D eigenvalue weighted by molar-refractivity contribution is 0.0491. The molecule has 4 rings (SSSR count). The van der Waals surface area contributed by atoms with E-state index in [1.54, 1.807) is 4.90 Å². The number of likely N-dealkylation sites (tertiary alicyclic amines) is 2. The molecule has 0 aromatic carbocycles. The summed E-state index contributed by atoms with van der Waals surface area (Å²) in [7, 11) is 1.92. The van der Waals surface area contributed by atoms with E-state index < -0.39 is 11.6 Å². The minimum Gasteiger partial charge on any atom is -0.373 e. The van der Waals surface area contributed by atoms with Crippen LogP contribution in [0.2, 0.25) is 4.34 Å². The van der Waals surface area contributed by atoms with Gasteiger partial charge in [-0.15, -0.1) is 11.3 Å². The lowest BCUT2D eigenvalue weighted by atomic mass is 9.96. The van der Waals surface area contributed by atoms with Crippen molar-refractivity contribution in [2.45, 2.75) is 58.7 Å². The van der Waals surface area contributed by atoms with Crippen molar-refractivity contribution in [3.05, 3.63) is 33.1 Å². The first-order valence-corrected chi connectivity index (χ1v) is 12.6. The van der Waals surface area contributed by atoms with Crippen molar-refractivity contribution < 1.29 is 14.7 Å². The Balaban J connectivity index is 1.59. The average Bonchev–Trinajstić information content (AvgIpc) is 3.53. The van der Waals surface area contributed by atoms with Crippen molar-refractivity contribution in [1.29, 1.82) is 0 Å². The summed E-state index contributed by atoms with van der Waals surface area (Å²) in [6.07, 6.45) is 1.57. The van der Waals surface area contributed by atoms with E-state index in [0.29, 0.717) is 25.3 Å². The van der Waals surface area contributed by atoms with Gasteiger partial charge in [0.2, 0.25) is 0 Å². The first kappa shape index (κ1) is 24.0. The van der Waals surface area contributed by atoms with Crippen LogP contribution >= 0.6 is 22.9 Å². The third-order valence-corrected chi connectivity index (χ3v) is 7.49. The third-order valence-electron chi connectivity index (χ3n) is 6.27. The minimum absolute atomic E-state index is 0.108. The summed E-state index contributed by atoms with van der Waals surface area (Å²) in [6.45, 7) is 8.07. The van der Waals surface area contributed by atoms with Crippen LogP contribution in [0.1, 0.15) is 61.3 Å². The van der Waals surface area contributed by atoms with Crippen LogP contribution in [-0.2, 0) is 6.54 Å². The quantitative estimate of drug-likeness (QED) is 0.688. The molecule has 2 atom stereocenters. The Labute approximate surface area is 203 Å². The lowest BCUT2D eigenvalue weighted by Crippen LogP contribution is -2.44. The number of aliphatic hydroxyl groups excluding tert-OH is 1. The van der Waals surface area contributed by atoms with Crippen LogP contribution < -0.4 is 4.90 Å². The van der Waals surface area contributed by atoms with Gasteiger partial charge < -0.3 is 14.9 Å². The van der Waals surface area contributed by atoms with E-state index in [1.165, 1.54) is 20.9 Å². The number of carbonyl (C=O) groups excluding carboxylic acids is 2. The van der Waals surface area contributed by atoms with Crippen molar-refractivity contribution in [3.63, 3.8) is 0 Å². The highest BCUT2D eigenvalue weighted by molar-refractivity contribution is 7.16. The number of urea groups is 1. The number of anilines is 1. The molecule has 2 aliphatic heterocycles. The van der Waals surface area contributed by atoms with Crippen LogP contribution in [0.25, 0.3) is 0 Å². The second-order valence-corrected chi connectivity index (χ2v) is 11.8. The van der Waals surface area contributed by atoms with Gasteiger partial charge in [-0.25, -0.2) is 4.79 Å². The molecular formula is C23H32ClN5O3S. The van der Waals surface area contributed by atoms with E-state index in [0.717, 1.165) is 40.8 Å². The molecule has 2 aromatic heterocycles. The number of aromatic nitrogens is 2. The molecule has 2 aliphatic rings. The first-order chi connectivity index (χ1) is 15.5. The molecule has 0 spiro atoms. The van der Waals surface area contributed by atoms with E-state index in [1.807, 2.05) is 50.9 Å². The maximum absolute atomic E-state index is 13.2. The average molecular weight is 494 g/mol. The van der Waals surface area contributed by atoms with Crippen LogP contribution in [0.5, 0.6) is 0 Å². The van der Waals surface area contributed by atoms with Gasteiger partial charge in [0.25, 0.3) is 5.91 Å². The molecule has 2 unspecified atom stereocenters. The standard InChI is InChI=1S/C23H32ClN5O3S/c1-23(2,3)21(31)29-19(26(4)14-16-7-8-18(24)33-16)12-17(25-29)15-11-20(30)28(13-15)22(32)27-9-5-6-10-27/h7-8,12,15,20,30H,5-6,9-11,13-14H2,1-4H3. The van der Waals surface area contributed by atoms with Gasteiger partial charge in [-0.1, -0.05) is 32.4 Å². The van der Waals surface area contributed by atoms with E-state index >= 15 is 0 Å². The predicted octanol–water partition coefficient (Wildman–Crippen LogP) is 4.24. The summed E-state index contributed by atoms with van der Waals surface area (Å²) < 4.78 is 2.20. The molecule has 33 heavy (non-hydrogen) atoms. The summed E-state index contributed by atoms with van der Waals surface area (Å²) in [5.41, 5.74) is 0.104. The van der Waals surface area contributed by atoms with Crippen LogP contribution in [0.3, 0.4) is 0 Å². The molecule has 0 saturated carbocycles. The normalized spacial score (nSPS) is 21.2. The Morgan fingerprint density at radius 1 is 1.27 bits per heavy atom. The molecule has 0 bridgehead atoms. The predicted molar refractivity (Wildman–Crippen MR) is 130 cm³/mol. The Hall–Kier alpha value is -2.10.